The molecule has 2 N–H and O–H groups in total. The third kappa shape index (κ3) is 2.90. The van der Waals surface area contributed by atoms with Crippen molar-refractivity contribution in [2.45, 2.75) is 13.8 Å². The summed E-state index contributed by atoms with van der Waals surface area (Å²) in [4.78, 5) is 0. The van der Waals surface area contributed by atoms with Gasteiger partial charge in [-0.15, -0.1) is 0 Å². The Hall–Kier alpha value is -1.95. The van der Waals surface area contributed by atoms with Crippen molar-refractivity contribution in [2.75, 3.05) is 12.7 Å². The number of hydrogen-bond acceptors (Lipinski definition) is 1. The molecule has 3 aromatic rings. The van der Waals surface area contributed by atoms with Gasteiger partial charge in [0.25, 0.3) is 0 Å². The van der Waals surface area contributed by atoms with Crippen molar-refractivity contribution in [3.63, 3.8) is 0 Å². The fourth-order valence-corrected chi connectivity index (χ4v) is 7.96. The van der Waals surface area contributed by atoms with E-state index in [1.54, 1.807) is 0 Å². The third-order valence-electron chi connectivity index (χ3n) is 4.85. The zero-order valence-electron chi connectivity index (χ0n) is 14.4. The van der Waals surface area contributed by atoms with Crippen molar-refractivity contribution in [3.05, 3.63) is 90.0 Å². The number of benzene rings is 3. The smallest absolute Gasteiger partial charge is 0.113 e. The van der Waals surface area contributed by atoms with Crippen LogP contribution in [0.15, 0.2) is 78.9 Å². The van der Waals surface area contributed by atoms with Crippen LogP contribution in [-0.2, 0) is 0 Å². The number of hydrogen-bond donors (Lipinski definition) is 1. The van der Waals surface area contributed by atoms with Gasteiger partial charge in [0.2, 0.25) is 0 Å². The Labute approximate surface area is 145 Å². The highest BCUT2D eigenvalue weighted by molar-refractivity contribution is 7.95. The molecular weight excluding hydrogens is 309 g/mol. The quantitative estimate of drug-likeness (QED) is 0.710. The predicted octanol–water partition coefficient (Wildman–Crippen LogP) is 3.56. The van der Waals surface area contributed by atoms with Gasteiger partial charge in [-0.3, -0.25) is 0 Å². The summed E-state index contributed by atoms with van der Waals surface area (Å²) < 4.78 is 0. The summed E-state index contributed by atoms with van der Waals surface area (Å²) in [6.45, 7) is 5.14. The molecule has 0 heterocycles. The lowest BCUT2D eigenvalue weighted by molar-refractivity contribution is 1.14. The summed E-state index contributed by atoms with van der Waals surface area (Å²) in [6.07, 6.45) is 0.991. The van der Waals surface area contributed by atoms with Gasteiger partial charge >= 0.3 is 0 Å². The van der Waals surface area contributed by atoms with Crippen LogP contribution >= 0.6 is 7.26 Å². The average Bonchev–Trinajstić information content (AvgIpc) is 2.64. The van der Waals surface area contributed by atoms with Gasteiger partial charge in [0, 0.05) is 6.54 Å². The van der Waals surface area contributed by atoms with Crippen molar-refractivity contribution >= 4 is 23.2 Å². The number of rotatable bonds is 5. The molecule has 0 unspecified atom stereocenters. The van der Waals surface area contributed by atoms with Crippen LogP contribution in [0.25, 0.3) is 0 Å². The molecule has 122 valence electrons. The van der Waals surface area contributed by atoms with Crippen LogP contribution in [0.2, 0.25) is 0 Å². The van der Waals surface area contributed by atoms with E-state index in [4.69, 9.17) is 5.73 Å². The molecule has 1 nitrogen and oxygen atoms in total. The summed E-state index contributed by atoms with van der Waals surface area (Å²) in [5.74, 6) is 0. The minimum Gasteiger partial charge on any atom is -0.327 e. The van der Waals surface area contributed by atoms with Crippen LogP contribution in [0.3, 0.4) is 0 Å². The first-order valence-electron chi connectivity index (χ1n) is 8.46. The van der Waals surface area contributed by atoms with E-state index in [-0.39, 0.29) is 0 Å². The highest BCUT2D eigenvalue weighted by Gasteiger charge is 2.45. The lowest BCUT2D eigenvalue weighted by Crippen LogP contribution is -2.36. The van der Waals surface area contributed by atoms with E-state index in [9.17, 15) is 0 Å². The predicted molar refractivity (Wildman–Crippen MR) is 109 cm³/mol. The van der Waals surface area contributed by atoms with Crippen molar-refractivity contribution in [1.29, 1.82) is 0 Å². The topological polar surface area (TPSA) is 26.0 Å². The molecule has 0 aliphatic rings. The Morgan fingerprint density at radius 1 is 0.708 bits per heavy atom. The van der Waals surface area contributed by atoms with E-state index < -0.39 is 7.26 Å². The third-order valence-corrected chi connectivity index (χ3v) is 9.44. The van der Waals surface area contributed by atoms with Crippen molar-refractivity contribution in [1.82, 2.24) is 0 Å². The first-order chi connectivity index (χ1) is 11.7. The summed E-state index contributed by atoms with van der Waals surface area (Å²) in [7, 11) is -1.74. The fourth-order valence-electron chi connectivity index (χ4n) is 3.51. The van der Waals surface area contributed by atoms with Crippen LogP contribution in [-0.4, -0.2) is 12.7 Å². The van der Waals surface area contributed by atoms with Gasteiger partial charge < -0.3 is 5.73 Å². The standard InChI is InChI=1S/C22H25NP/c1-18-10-9-15-22(19(18)2)24(17-16-23,20-11-5-3-6-12-20)21-13-7-4-8-14-21/h3-15H,16-17,23H2,1-2H3/q+1. The zero-order valence-corrected chi connectivity index (χ0v) is 15.3. The van der Waals surface area contributed by atoms with Gasteiger partial charge in [0.15, 0.2) is 0 Å². The van der Waals surface area contributed by atoms with Crippen LogP contribution in [0.5, 0.6) is 0 Å². The van der Waals surface area contributed by atoms with Crippen LogP contribution in [0, 0.1) is 13.8 Å². The van der Waals surface area contributed by atoms with Gasteiger partial charge in [-0.1, -0.05) is 48.5 Å². The van der Waals surface area contributed by atoms with Crippen LogP contribution in [0.4, 0.5) is 0 Å². The van der Waals surface area contributed by atoms with E-state index in [1.807, 2.05) is 0 Å². The van der Waals surface area contributed by atoms with Gasteiger partial charge in [0.1, 0.15) is 23.2 Å². The Balaban J connectivity index is 2.37. The molecule has 0 saturated carbocycles. The molecule has 0 radical (unpaired) electrons. The SMILES string of the molecule is Cc1cccc([P+](CCN)(c2ccccc2)c2ccccc2)c1C. The summed E-state index contributed by atoms with van der Waals surface area (Å²) in [5.41, 5.74) is 8.89. The molecule has 0 atom stereocenters. The Kier molecular flexibility index (Phi) is 5.14. The van der Waals surface area contributed by atoms with Crippen LogP contribution in [0.1, 0.15) is 11.1 Å². The Morgan fingerprint density at radius 2 is 1.25 bits per heavy atom. The summed E-state index contributed by atoms with van der Waals surface area (Å²) in [6, 6.07) is 28.6. The number of nitrogens with two attached hydrogens (primary N) is 1. The second-order valence-electron chi connectivity index (χ2n) is 6.21. The van der Waals surface area contributed by atoms with Crippen LogP contribution < -0.4 is 21.6 Å². The van der Waals surface area contributed by atoms with E-state index in [2.05, 4.69) is 92.7 Å². The molecule has 0 amide bonds. The molecule has 2 heteroatoms. The highest BCUT2D eigenvalue weighted by atomic mass is 31.2. The monoisotopic (exact) mass is 334 g/mol. The fraction of sp³-hybridized carbons (Fsp3) is 0.182. The molecule has 24 heavy (non-hydrogen) atoms. The highest BCUT2D eigenvalue weighted by Crippen LogP contribution is 2.55. The molecule has 0 aliphatic heterocycles. The molecule has 0 aromatic heterocycles. The van der Waals surface area contributed by atoms with Gasteiger partial charge in [-0.2, -0.15) is 0 Å². The molecule has 0 saturated heterocycles. The zero-order chi connectivity index (χ0) is 17.0. The minimum absolute atomic E-state index is 0.685. The van der Waals surface area contributed by atoms with Gasteiger partial charge in [0.05, 0.1) is 6.16 Å². The van der Waals surface area contributed by atoms with E-state index >= 15 is 0 Å². The minimum atomic E-state index is -1.74. The van der Waals surface area contributed by atoms with Crippen molar-refractivity contribution in [3.8, 4) is 0 Å². The van der Waals surface area contributed by atoms with Gasteiger partial charge in [-0.25, -0.2) is 0 Å². The summed E-state index contributed by atoms with van der Waals surface area (Å²) in [5, 5.41) is 4.29. The second-order valence-corrected chi connectivity index (χ2v) is 9.79. The summed E-state index contributed by atoms with van der Waals surface area (Å²) >= 11 is 0. The molecule has 0 spiro atoms. The molecular formula is C22H25NP+. The maximum Gasteiger partial charge on any atom is 0.113 e. The van der Waals surface area contributed by atoms with Crippen molar-refractivity contribution in [2.24, 2.45) is 5.73 Å². The number of aryl methyl sites for hydroxylation is 1. The molecule has 0 bridgehead atoms. The molecule has 0 aliphatic carbocycles. The molecule has 3 rings (SSSR count). The van der Waals surface area contributed by atoms with E-state index in [0.29, 0.717) is 6.54 Å². The van der Waals surface area contributed by atoms with Crippen molar-refractivity contribution < 1.29 is 0 Å². The Bertz CT molecular complexity index is 757. The first-order valence-corrected chi connectivity index (χ1v) is 10.4. The normalized spacial score (nSPS) is 11.5. The molecule has 0 fully saturated rings. The Morgan fingerprint density at radius 3 is 1.75 bits per heavy atom. The first kappa shape index (κ1) is 16.9. The van der Waals surface area contributed by atoms with E-state index in [0.717, 1.165) is 6.16 Å². The average molecular weight is 334 g/mol. The largest absolute Gasteiger partial charge is 0.327 e. The lowest BCUT2D eigenvalue weighted by Gasteiger charge is -2.29. The lowest BCUT2D eigenvalue weighted by atomic mass is 10.1. The maximum atomic E-state index is 6.14. The second kappa shape index (κ2) is 7.30. The van der Waals surface area contributed by atoms with Gasteiger partial charge in [-0.05, 0) is 55.3 Å². The van der Waals surface area contributed by atoms with E-state index in [1.165, 1.54) is 27.0 Å². The maximum absolute atomic E-state index is 6.14. The molecule has 3 aromatic carbocycles.